The molecule has 0 bridgehead atoms. The molecule has 3 N–H and O–H groups in total. The molecule has 270 valence electrons. The van der Waals surface area contributed by atoms with Gasteiger partial charge in [-0.2, -0.15) is 0 Å². The Bertz CT molecular complexity index is 1380. The van der Waals surface area contributed by atoms with Crippen molar-refractivity contribution in [3.63, 3.8) is 0 Å². The summed E-state index contributed by atoms with van der Waals surface area (Å²) < 4.78 is 37.8. The van der Waals surface area contributed by atoms with Crippen LogP contribution in [0.1, 0.15) is 53.5 Å². The van der Waals surface area contributed by atoms with Crippen LogP contribution in [0.3, 0.4) is 0 Å². The van der Waals surface area contributed by atoms with Crippen molar-refractivity contribution in [1.29, 1.82) is 0 Å². The summed E-state index contributed by atoms with van der Waals surface area (Å²) in [5, 5.41) is 14.7. The van der Waals surface area contributed by atoms with Crippen LogP contribution in [0.4, 0.5) is 0 Å². The molecule has 1 saturated heterocycles. The number of aliphatic hydroxyl groups is 1. The van der Waals surface area contributed by atoms with Crippen molar-refractivity contribution in [3.8, 4) is 0 Å². The van der Waals surface area contributed by atoms with Crippen LogP contribution in [0.5, 0.6) is 0 Å². The molecule has 1 fully saturated rings. The van der Waals surface area contributed by atoms with Crippen LogP contribution in [0.25, 0.3) is 0 Å². The normalized spacial score (nSPS) is 21.7. The molecular formula is C31H40N2O16. The lowest BCUT2D eigenvalue weighted by molar-refractivity contribution is -0.296. The van der Waals surface area contributed by atoms with E-state index < -0.39 is 110 Å². The van der Waals surface area contributed by atoms with E-state index >= 15 is 0 Å². The van der Waals surface area contributed by atoms with Crippen LogP contribution in [-0.2, 0) is 78.1 Å². The van der Waals surface area contributed by atoms with E-state index in [-0.39, 0.29) is 6.61 Å². The van der Waals surface area contributed by atoms with Crippen molar-refractivity contribution in [2.45, 2.75) is 96.9 Å². The van der Waals surface area contributed by atoms with Gasteiger partial charge in [-0.05, 0) is 5.56 Å². The molecule has 2 rings (SSSR count). The Kier molecular flexibility index (Phi) is 15.1. The lowest BCUT2D eigenvalue weighted by atomic mass is 9.87. The zero-order valence-corrected chi connectivity index (χ0v) is 27.8. The second-order valence-electron chi connectivity index (χ2n) is 10.8. The van der Waals surface area contributed by atoms with Gasteiger partial charge in [0.25, 0.3) is 11.7 Å². The molecule has 0 spiro atoms. The summed E-state index contributed by atoms with van der Waals surface area (Å²) in [5.41, 5.74) is 0.592. The number of esters is 6. The molecule has 49 heavy (non-hydrogen) atoms. The van der Waals surface area contributed by atoms with E-state index in [0.717, 1.165) is 41.5 Å². The lowest BCUT2D eigenvalue weighted by Gasteiger charge is -2.48. The second-order valence-corrected chi connectivity index (χ2v) is 10.8. The topological polar surface area (TPSA) is 245 Å². The average molecular weight is 697 g/mol. The minimum atomic E-state index is -2.82. The van der Waals surface area contributed by atoms with Gasteiger partial charge in [-0.1, -0.05) is 30.3 Å². The third-order valence-corrected chi connectivity index (χ3v) is 6.65. The van der Waals surface area contributed by atoms with Crippen molar-refractivity contribution in [2.75, 3.05) is 13.2 Å². The largest absolute Gasteiger partial charge is 0.462 e. The van der Waals surface area contributed by atoms with Gasteiger partial charge in [0, 0.05) is 41.5 Å². The summed E-state index contributed by atoms with van der Waals surface area (Å²) in [5.74, 6) is -10.8. The van der Waals surface area contributed by atoms with Crippen molar-refractivity contribution < 1.29 is 76.6 Å². The smallest absolute Gasteiger partial charge is 0.331 e. The van der Waals surface area contributed by atoms with Crippen LogP contribution < -0.4 is 10.6 Å². The number of carbonyl (C=O) groups is 8. The predicted octanol–water partition coefficient (Wildman–Crippen LogP) is -0.882. The van der Waals surface area contributed by atoms with Crippen LogP contribution in [-0.4, -0.2) is 108 Å². The van der Waals surface area contributed by atoms with Crippen LogP contribution in [0.2, 0.25) is 0 Å². The van der Waals surface area contributed by atoms with E-state index in [4.69, 9.17) is 33.2 Å². The molecule has 0 saturated carbocycles. The molecule has 18 heteroatoms. The summed E-state index contributed by atoms with van der Waals surface area (Å²) in [6, 6.07) is 5.22. The molecule has 7 atom stereocenters. The van der Waals surface area contributed by atoms with Gasteiger partial charge in [-0.3, -0.25) is 33.6 Å². The fourth-order valence-corrected chi connectivity index (χ4v) is 4.88. The summed E-state index contributed by atoms with van der Waals surface area (Å²) in [7, 11) is 0. The van der Waals surface area contributed by atoms with Gasteiger partial charge in [0.2, 0.25) is 5.91 Å². The molecule has 1 heterocycles. The Morgan fingerprint density at radius 3 is 2.00 bits per heavy atom. The molecule has 2 amide bonds. The van der Waals surface area contributed by atoms with E-state index in [1.54, 1.807) is 30.3 Å². The first kappa shape index (κ1) is 40.1. The first-order chi connectivity index (χ1) is 23.0. The van der Waals surface area contributed by atoms with Crippen LogP contribution >= 0.6 is 0 Å². The van der Waals surface area contributed by atoms with E-state index in [0.29, 0.717) is 5.56 Å². The number of carbonyl (C=O) groups excluding carboxylic acids is 8. The van der Waals surface area contributed by atoms with Gasteiger partial charge in [0.1, 0.15) is 25.4 Å². The highest BCUT2D eigenvalue weighted by atomic mass is 16.7. The number of amides is 2. The van der Waals surface area contributed by atoms with Crippen LogP contribution in [0, 0.1) is 0 Å². The van der Waals surface area contributed by atoms with E-state index in [9.17, 15) is 43.5 Å². The Balaban J connectivity index is 2.67. The van der Waals surface area contributed by atoms with Gasteiger partial charge in [-0.25, -0.2) is 4.79 Å². The van der Waals surface area contributed by atoms with Crippen LogP contribution in [0.15, 0.2) is 30.3 Å². The third kappa shape index (κ3) is 12.5. The first-order valence-electron chi connectivity index (χ1n) is 14.9. The van der Waals surface area contributed by atoms with Gasteiger partial charge in [-0.15, -0.1) is 0 Å². The number of nitrogens with one attached hydrogen (secondary N) is 2. The van der Waals surface area contributed by atoms with Crippen molar-refractivity contribution >= 4 is 47.6 Å². The molecule has 0 aliphatic carbocycles. The standard InChI is InChI=1S/C31H40N2O16/c1-16(35)32-26-24(45-18(3)37)12-31(48-21(6)40,30(42)33-23(13-34)29(41)44-14-22-10-8-7-9-11-22)49-28(26)27(47-20(5)39)25(46-19(4)38)15-43-17(2)36/h7-11,23-28,34H,12-15H2,1-6H3,(H,32,35)(H,33,42)/t23-,24-,25+,26+,27+,28+,31-/m0/s1. The molecule has 0 radical (unpaired) electrons. The van der Waals surface area contributed by atoms with Gasteiger partial charge >= 0.3 is 35.8 Å². The number of hydrogen-bond donors (Lipinski definition) is 3. The minimum absolute atomic E-state index is 0.226. The molecule has 18 nitrogen and oxygen atoms in total. The Hall–Kier alpha value is -5.10. The number of ether oxygens (including phenoxy) is 7. The number of benzene rings is 1. The van der Waals surface area contributed by atoms with Crippen molar-refractivity contribution in [3.05, 3.63) is 35.9 Å². The minimum Gasteiger partial charge on any atom is -0.462 e. The molecule has 0 aromatic heterocycles. The van der Waals surface area contributed by atoms with Gasteiger partial charge in [0.15, 0.2) is 18.2 Å². The summed E-state index contributed by atoms with van der Waals surface area (Å²) in [6.45, 7) is 4.02. The SMILES string of the molecule is CC(=O)N[C@H]1[C@H]([C@H](OC(C)=O)[C@@H](COC(C)=O)OC(C)=O)O[C@](OC(C)=O)(C(=O)N[C@@H](CO)C(=O)OCc2ccccc2)C[C@@H]1OC(C)=O. The predicted molar refractivity (Wildman–Crippen MR) is 160 cm³/mol. The Labute approximate surface area is 281 Å². The first-order valence-corrected chi connectivity index (χ1v) is 14.9. The zero-order valence-electron chi connectivity index (χ0n) is 27.8. The maximum Gasteiger partial charge on any atom is 0.331 e. The molecule has 1 aromatic rings. The highest BCUT2D eigenvalue weighted by molar-refractivity contribution is 5.90. The summed E-state index contributed by atoms with van der Waals surface area (Å²) in [6.07, 6.45) is -7.78. The number of rotatable bonds is 15. The highest BCUT2D eigenvalue weighted by Gasteiger charge is 2.60. The number of hydrogen-bond acceptors (Lipinski definition) is 16. The fraction of sp³-hybridized carbons (Fsp3) is 0.548. The zero-order chi connectivity index (χ0) is 36.9. The molecular weight excluding hydrogens is 656 g/mol. The Morgan fingerprint density at radius 1 is 0.857 bits per heavy atom. The maximum absolute atomic E-state index is 14.0. The lowest BCUT2D eigenvalue weighted by Crippen LogP contribution is -2.71. The van der Waals surface area contributed by atoms with Gasteiger partial charge in [0.05, 0.1) is 19.1 Å². The van der Waals surface area contributed by atoms with E-state index in [1.165, 1.54) is 0 Å². The average Bonchev–Trinajstić information content (AvgIpc) is 3.00. The maximum atomic E-state index is 14.0. The molecule has 1 aliphatic heterocycles. The van der Waals surface area contributed by atoms with E-state index in [2.05, 4.69) is 10.6 Å². The molecule has 1 aromatic carbocycles. The highest BCUT2D eigenvalue weighted by Crippen LogP contribution is 2.37. The third-order valence-electron chi connectivity index (χ3n) is 6.65. The molecule has 0 unspecified atom stereocenters. The van der Waals surface area contributed by atoms with Gasteiger partial charge < -0.3 is 48.9 Å². The monoisotopic (exact) mass is 696 g/mol. The fourth-order valence-electron chi connectivity index (χ4n) is 4.88. The van der Waals surface area contributed by atoms with Crippen molar-refractivity contribution in [2.24, 2.45) is 0 Å². The molecule has 1 aliphatic rings. The number of aliphatic hydroxyl groups excluding tert-OH is 1. The Morgan fingerprint density at radius 2 is 1.49 bits per heavy atom. The second kappa shape index (κ2) is 18.4. The summed E-state index contributed by atoms with van der Waals surface area (Å²) >= 11 is 0. The van der Waals surface area contributed by atoms with Crippen molar-refractivity contribution in [1.82, 2.24) is 10.6 Å². The van der Waals surface area contributed by atoms with E-state index in [1.807, 2.05) is 0 Å². The summed E-state index contributed by atoms with van der Waals surface area (Å²) in [4.78, 5) is 100. The quantitative estimate of drug-likeness (QED) is 0.149.